The van der Waals surface area contributed by atoms with Crippen molar-refractivity contribution in [1.82, 2.24) is 5.32 Å². The average Bonchev–Trinajstić information content (AvgIpc) is 2.43. The molecule has 1 aromatic rings. The quantitative estimate of drug-likeness (QED) is 0.770. The van der Waals surface area contributed by atoms with Gasteiger partial charge in [0, 0.05) is 11.6 Å². The fourth-order valence-corrected chi connectivity index (χ4v) is 1.80. The summed E-state index contributed by atoms with van der Waals surface area (Å²) < 4.78 is 10.9. The summed E-state index contributed by atoms with van der Waals surface area (Å²) in [4.78, 5) is 22.7. The van der Waals surface area contributed by atoms with Gasteiger partial charge < -0.3 is 19.9 Å². The third-order valence-corrected chi connectivity index (χ3v) is 2.86. The number of amides is 1. The zero-order chi connectivity index (χ0) is 16.7. The fraction of sp³-hybridized carbons (Fsp3) is 0.500. The van der Waals surface area contributed by atoms with Crippen molar-refractivity contribution >= 4 is 11.9 Å². The lowest BCUT2D eigenvalue weighted by molar-refractivity contribution is -0.137. The van der Waals surface area contributed by atoms with E-state index >= 15 is 0 Å². The van der Waals surface area contributed by atoms with E-state index in [0.717, 1.165) is 0 Å². The number of carboxylic acid groups (broad SMARTS) is 1. The number of aliphatic carboxylic acids is 1. The number of carbonyl (C=O) groups is 2. The van der Waals surface area contributed by atoms with E-state index in [-0.39, 0.29) is 12.3 Å². The summed E-state index contributed by atoms with van der Waals surface area (Å²) in [6.07, 6.45) is -0.127. The normalized spacial score (nSPS) is 11.9. The summed E-state index contributed by atoms with van der Waals surface area (Å²) in [5, 5.41) is 11.3. The van der Waals surface area contributed by atoms with Gasteiger partial charge in [-0.15, -0.1) is 0 Å². The molecule has 2 N–H and O–H groups in total. The first-order chi connectivity index (χ1) is 10.3. The molecule has 1 atom stereocenters. The Morgan fingerprint density at radius 3 is 2.45 bits per heavy atom. The molecule has 0 heterocycles. The van der Waals surface area contributed by atoms with E-state index in [0.29, 0.717) is 29.6 Å². The Hall–Kier alpha value is -2.24. The number of carbonyl (C=O) groups excluding carboxylic acids is 1. The van der Waals surface area contributed by atoms with Crippen molar-refractivity contribution < 1.29 is 24.2 Å². The summed E-state index contributed by atoms with van der Waals surface area (Å²) in [5.41, 5.74) is 0.394. The summed E-state index contributed by atoms with van der Waals surface area (Å²) in [6, 6.07) is 4.44. The Morgan fingerprint density at radius 1 is 1.23 bits per heavy atom. The molecule has 0 aromatic heterocycles. The molecule has 1 amide bonds. The second kappa shape index (κ2) is 8.26. The SMILES string of the molecule is COc1cc(C(=O)NC(C)CC(=O)O)ccc1OCC(C)C. The molecule has 0 spiro atoms. The molecule has 1 aromatic carbocycles. The Kier molecular flexibility index (Phi) is 6.69. The predicted octanol–water partition coefficient (Wildman–Crippen LogP) is 2.32. The molecule has 1 rings (SSSR count). The number of hydrogen-bond acceptors (Lipinski definition) is 4. The first-order valence-electron chi connectivity index (χ1n) is 7.17. The van der Waals surface area contributed by atoms with Gasteiger partial charge in [-0.2, -0.15) is 0 Å². The van der Waals surface area contributed by atoms with Crippen molar-refractivity contribution in [3.63, 3.8) is 0 Å². The molecule has 0 bridgehead atoms. The molecule has 6 heteroatoms. The van der Waals surface area contributed by atoms with Crippen LogP contribution in [-0.4, -0.2) is 36.7 Å². The van der Waals surface area contributed by atoms with Gasteiger partial charge in [0.15, 0.2) is 11.5 Å². The van der Waals surface area contributed by atoms with Crippen LogP contribution in [0.5, 0.6) is 11.5 Å². The Morgan fingerprint density at radius 2 is 1.91 bits per heavy atom. The lowest BCUT2D eigenvalue weighted by Gasteiger charge is -2.15. The van der Waals surface area contributed by atoms with E-state index in [4.69, 9.17) is 14.6 Å². The van der Waals surface area contributed by atoms with Gasteiger partial charge in [0.1, 0.15) is 0 Å². The number of hydrogen-bond donors (Lipinski definition) is 2. The highest BCUT2D eigenvalue weighted by molar-refractivity contribution is 5.95. The zero-order valence-corrected chi connectivity index (χ0v) is 13.4. The minimum absolute atomic E-state index is 0.127. The Bertz CT molecular complexity index is 527. The van der Waals surface area contributed by atoms with Crippen LogP contribution >= 0.6 is 0 Å². The molecule has 6 nitrogen and oxygen atoms in total. The maximum atomic E-state index is 12.1. The van der Waals surface area contributed by atoms with Crippen LogP contribution in [0.15, 0.2) is 18.2 Å². The van der Waals surface area contributed by atoms with Gasteiger partial charge in [-0.05, 0) is 31.0 Å². The van der Waals surface area contributed by atoms with E-state index in [1.54, 1.807) is 25.1 Å². The van der Waals surface area contributed by atoms with E-state index in [9.17, 15) is 9.59 Å². The zero-order valence-electron chi connectivity index (χ0n) is 13.4. The number of rotatable bonds is 8. The molecule has 0 radical (unpaired) electrons. The van der Waals surface area contributed by atoms with Gasteiger partial charge in [-0.1, -0.05) is 13.8 Å². The molecular weight excluding hydrogens is 286 g/mol. The maximum absolute atomic E-state index is 12.1. The fourth-order valence-electron chi connectivity index (χ4n) is 1.80. The molecule has 0 aliphatic heterocycles. The molecule has 0 saturated carbocycles. The number of methoxy groups -OCH3 is 1. The van der Waals surface area contributed by atoms with Crippen LogP contribution in [0.1, 0.15) is 37.6 Å². The molecule has 1 unspecified atom stereocenters. The largest absolute Gasteiger partial charge is 0.493 e. The van der Waals surface area contributed by atoms with Crippen LogP contribution in [0, 0.1) is 5.92 Å². The molecule has 0 fully saturated rings. The minimum Gasteiger partial charge on any atom is -0.493 e. The topological polar surface area (TPSA) is 84.9 Å². The van der Waals surface area contributed by atoms with Crippen LogP contribution in [0.2, 0.25) is 0 Å². The van der Waals surface area contributed by atoms with Gasteiger partial charge in [-0.25, -0.2) is 0 Å². The number of benzene rings is 1. The van der Waals surface area contributed by atoms with Crippen molar-refractivity contribution in [2.45, 2.75) is 33.2 Å². The Labute approximate surface area is 130 Å². The van der Waals surface area contributed by atoms with Crippen LogP contribution in [-0.2, 0) is 4.79 Å². The standard InChI is InChI=1S/C16H23NO5/c1-10(2)9-22-13-6-5-12(8-14(13)21-4)16(20)17-11(3)7-15(18)19/h5-6,8,10-11H,7,9H2,1-4H3,(H,17,20)(H,18,19). The molecule has 0 aliphatic carbocycles. The van der Waals surface area contributed by atoms with Crippen molar-refractivity contribution in [2.75, 3.05) is 13.7 Å². The molecule has 22 heavy (non-hydrogen) atoms. The third-order valence-electron chi connectivity index (χ3n) is 2.86. The maximum Gasteiger partial charge on any atom is 0.305 e. The Balaban J connectivity index is 2.79. The molecule has 0 aliphatic rings. The van der Waals surface area contributed by atoms with Crippen molar-refractivity contribution in [2.24, 2.45) is 5.92 Å². The van der Waals surface area contributed by atoms with Gasteiger partial charge in [0.25, 0.3) is 5.91 Å². The monoisotopic (exact) mass is 309 g/mol. The van der Waals surface area contributed by atoms with Gasteiger partial charge >= 0.3 is 5.97 Å². The second-order valence-corrected chi connectivity index (χ2v) is 5.54. The first kappa shape index (κ1) is 17.8. The molecule has 122 valence electrons. The lowest BCUT2D eigenvalue weighted by Crippen LogP contribution is -2.34. The third kappa shape index (κ3) is 5.63. The molecular formula is C16H23NO5. The predicted molar refractivity (Wildman–Crippen MR) is 82.5 cm³/mol. The van der Waals surface area contributed by atoms with Crippen LogP contribution in [0.3, 0.4) is 0 Å². The van der Waals surface area contributed by atoms with Crippen LogP contribution < -0.4 is 14.8 Å². The number of carboxylic acids is 1. The first-order valence-corrected chi connectivity index (χ1v) is 7.17. The highest BCUT2D eigenvalue weighted by Gasteiger charge is 2.15. The van der Waals surface area contributed by atoms with E-state index in [2.05, 4.69) is 5.32 Å². The summed E-state index contributed by atoms with van der Waals surface area (Å²) in [7, 11) is 1.51. The summed E-state index contributed by atoms with van der Waals surface area (Å²) in [5.74, 6) is 0.125. The van der Waals surface area contributed by atoms with Crippen molar-refractivity contribution in [3.05, 3.63) is 23.8 Å². The summed E-state index contributed by atoms with van der Waals surface area (Å²) in [6.45, 7) is 6.27. The van der Waals surface area contributed by atoms with Gasteiger partial charge in [0.2, 0.25) is 0 Å². The van der Waals surface area contributed by atoms with E-state index < -0.39 is 12.0 Å². The summed E-state index contributed by atoms with van der Waals surface area (Å²) >= 11 is 0. The van der Waals surface area contributed by atoms with Crippen LogP contribution in [0.4, 0.5) is 0 Å². The highest BCUT2D eigenvalue weighted by atomic mass is 16.5. The smallest absolute Gasteiger partial charge is 0.305 e. The molecule has 0 saturated heterocycles. The van der Waals surface area contributed by atoms with E-state index in [1.165, 1.54) is 7.11 Å². The highest BCUT2D eigenvalue weighted by Crippen LogP contribution is 2.28. The second-order valence-electron chi connectivity index (χ2n) is 5.54. The minimum atomic E-state index is -0.956. The van der Waals surface area contributed by atoms with Gasteiger partial charge in [0.05, 0.1) is 20.1 Å². The van der Waals surface area contributed by atoms with Crippen molar-refractivity contribution in [3.8, 4) is 11.5 Å². The van der Waals surface area contributed by atoms with Gasteiger partial charge in [-0.3, -0.25) is 9.59 Å². The van der Waals surface area contributed by atoms with E-state index in [1.807, 2.05) is 13.8 Å². The van der Waals surface area contributed by atoms with Crippen molar-refractivity contribution in [1.29, 1.82) is 0 Å². The number of ether oxygens (including phenoxy) is 2. The number of nitrogens with one attached hydrogen (secondary N) is 1. The van der Waals surface area contributed by atoms with Crippen LogP contribution in [0.25, 0.3) is 0 Å². The lowest BCUT2D eigenvalue weighted by atomic mass is 10.1. The average molecular weight is 309 g/mol.